The predicted octanol–water partition coefficient (Wildman–Crippen LogP) is 2.24. The molecule has 98 valence electrons. The van der Waals surface area contributed by atoms with Crippen LogP contribution in [0.2, 0.25) is 0 Å². The lowest BCUT2D eigenvalue weighted by Gasteiger charge is -2.05. The van der Waals surface area contributed by atoms with Crippen LogP contribution in [0.3, 0.4) is 0 Å². The number of carboxylic acids is 1. The maximum atomic E-state index is 11.8. The number of carbonyl (C=O) groups excluding carboxylic acids is 1. The monoisotopic (exact) mass is 261 g/mol. The van der Waals surface area contributed by atoms with E-state index in [0.29, 0.717) is 11.3 Å². The van der Waals surface area contributed by atoms with Gasteiger partial charge < -0.3 is 19.9 Å². The Labute approximate surface area is 108 Å². The molecule has 1 amide bonds. The molecule has 0 aliphatic heterocycles. The Morgan fingerprint density at radius 3 is 2.58 bits per heavy atom. The Hall–Kier alpha value is -2.76. The van der Waals surface area contributed by atoms with Crippen molar-refractivity contribution in [1.82, 2.24) is 0 Å². The Morgan fingerprint density at radius 2 is 2.00 bits per heavy atom. The first kappa shape index (κ1) is 12.7. The highest BCUT2D eigenvalue weighted by Crippen LogP contribution is 2.22. The summed E-state index contributed by atoms with van der Waals surface area (Å²) in [5, 5.41) is 20.7. The first-order valence-corrected chi connectivity index (χ1v) is 5.40. The zero-order valence-corrected chi connectivity index (χ0v) is 10.0. The third-order valence-corrected chi connectivity index (χ3v) is 2.48. The number of benzene rings is 1. The summed E-state index contributed by atoms with van der Waals surface area (Å²) in [4.78, 5) is 22.7. The summed E-state index contributed by atoms with van der Waals surface area (Å²) < 4.78 is 5.01. The minimum absolute atomic E-state index is 0.277. The smallest absolute Gasteiger partial charge is 0.339 e. The molecule has 3 N–H and O–H groups in total. The second kappa shape index (κ2) is 4.85. The van der Waals surface area contributed by atoms with Gasteiger partial charge in [-0.2, -0.15) is 0 Å². The Morgan fingerprint density at radius 1 is 1.26 bits per heavy atom. The average Bonchev–Trinajstić information content (AvgIpc) is 2.78. The maximum Gasteiger partial charge on any atom is 0.339 e. The number of amides is 1. The van der Waals surface area contributed by atoms with Crippen LogP contribution in [0.4, 0.5) is 5.69 Å². The van der Waals surface area contributed by atoms with Gasteiger partial charge >= 0.3 is 5.97 Å². The fourth-order valence-electron chi connectivity index (χ4n) is 1.55. The molecule has 0 aliphatic rings. The van der Waals surface area contributed by atoms with E-state index >= 15 is 0 Å². The summed E-state index contributed by atoms with van der Waals surface area (Å²) in [5.74, 6) is -1.45. The van der Waals surface area contributed by atoms with Crippen LogP contribution < -0.4 is 5.32 Å². The van der Waals surface area contributed by atoms with Crippen LogP contribution in [-0.4, -0.2) is 22.1 Å². The fraction of sp³-hybridized carbons (Fsp3) is 0.0769. The van der Waals surface area contributed by atoms with E-state index in [4.69, 9.17) is 9.52 Å². The minimum atomic E-state index is -1.27. The van der Waals surface area contributed by atoms with Gasteiger partial charge in [0, 0.05) is 5.69 Å². The number of phenols is 1. The first-order valence-electron chi connectivity index (χ1n) is 5.40. The molecule has 1 heterocycles. The van der Waals surface area contributed by atoms with Crippen molar-refractivity contribution in [2.45, 2.75) is 6.92 Å². The van der Waals surface area contributed by atoms with Gasteiger partial charge in [-0.3, -0.25) is 4.79 Å². The molecule has 19 heavy (non-hydrogen) atoms. The molecule has 0 unspecified atom stereocenters. The molecule has 0 saturated heterocycles. The number of carbonyl (C=O) groups is 2. The minimum Gasteiger partial charge on any atom is -0.507 e. The molecule has 2 aromatic rings. The predicted molar refractivity (Wildman–Crippen MR) is 66.5 cm³/mol. The van der Waals surface area contributed by atoms with Crippen molar-refractivity contribution in [3.05, 3.63) is 47.4 Å². The molecular formula is C13H11NO5. The molecule has 6 heteroatoms. The fourth-order valence-corrected chi connectivity index (χ4v) is 1.55. The van der Waals surface area contributed by atoms with Gasteiger partial charge in [0.1, 0.15) is 23.3 Å². The summed E-state index contributed by atoms with van der Waals surface area (Å²) >= 11 is 0. The molecule has 0 bridgehead atoms. The van der Waals surface area contributed by atoms with Crippen LogP contribution >= 0.6 is 0 Å². The van der Waals surface area contributed by atoms with Crippen LogP contribution in [0, 0.1) is 6.92 Å². The Bertz CT molecular complexity index is 644. The van der Waals surface area contributed by atoms with Crippen molar-refractivity contribution >= 4 is 17.6 Å². The van der Waals surface area contributed by atoms with Gasteiger partial charge in [0.15, 0.2) is 0 Å². The molecule has 0 fully saturated rings. The molecule has 0 saturated carbocycles. The van der Waals surface area contributed by atoms with Crippen LogP contribution in [0.15, 0.2) is 34.9 Å². The number of anilines is 1. The van der Waals surface area contributed by atoms with Gasteiger partial charge in [-0.05, 0) is 31.2 Å². The van der Waals surface area contributed by atoms with E-state index in [1.54, 1.807) is 13.0 Å². The third kappa shape index (κ3) is 2.74. The zero-order valence-electron chi connectivity index (χ0n) is 10.0. The van der Waals surface area contributed by atoms with Gasteiger partial charge in [0.2, 0.25) is 0 Å². The lowest BCUT2D eigenvalue weighted by molar-refractivity contribution is 0.0693. The molecule has 1 aromatic heterocycles. The Balaban J connectivity index is 2.22. The zero-order chi connectivity index (χ0) is 14.0. The SMILES string of the molecule is Cc1cc(C(=O)Nc2ccc(O)c(C(=O)O)c2)co1. The molecule has 1 aromatic carbocycles. The van der Waals surface area contributed by atoms with E-state index < -0.39 is 11.9 Å². The lowest BCUT2D eigenvalue weighted by atomic mass is 10.1. The largest absolute Gasteiger partial charge is 0.507 e. The molecule has 0 spiro atoms. The van der Waals surface area contributed by atoms with Gasteiger partial charge in [0.05, 0.1) is 5.56 Å². The molecule has 0 atom stereocenters. The molecule has 0 radical (unpaired) electrons. The Kier molecular flexibility index (Phi) is 3.24. The second-order valence-electron chi connectivity index (χ2n) is 3.94. The van der Waals surface area contributed by atoms with Gasteiger partial charge in [-0.25, -0.2) is 4.79 Å². The summed E-state index contributed by atoms with van der Waals surface area (Å²) in [6.07, 6.45) is 1.31. The molecule has 0 aliphatic carbocycles. The van der Waals surface area contributed by atoms with E-state index in [1.807, 2.05) is 0 Å². The van der Waals surface area contributed by atoms with E-state index in [2.05, 4.69) is 5.32 Å². The van der Waals surface area contributed by atoms with Gasteiger partial charge in [-0.15, -0.1) is 0 Å². The van der Waals surface area contributed by atoms with Crippen molar-refractivity contribution in [3.8, 4) is 5.75 Å². The van der Waals surface area contributed by atoms with E-state index in [0.717, 1.165) is 0 Å². The van der Waals surface area contributed by atoms with Gasteiger partial charge in [0.25, 0.3) is 5.91 Å². The lowest BCUT2D eigenvalue weighted by Crippen LogP contribution is -2.11. The van der Waals surface area contributed by atoms with Crippen LogP contribution in [0.25, 0.3) is 0 Å². The number of rotatable bonds is 3. The number of aromatic hydroxyl groups is 1. The molecule has 6 nitrogen and oxygen atoms in total. The van der Waals surface area contributed by atoms with Gasteiger partial charge in [-0.1, -0.05) is 0 Å². The third-order valence-electron chi connectivity index (χ3n) is 2.48. The van der Waals surface area contributed by atoms with Crippen molar-refractivity contribution in [1.29, 1.82) is 0 Å². The van der Waals surface area contributed by atoms with Crippen molar-refractivity contribution in [2.24, 2.45) is 0 Å². The van der Waals surface area contributed by atoms with Crippen LogP contribution in [-0.2, 0) is 0 Å². The van der Waals surface area contributed by atoms with E-state index in [-0.39, 0.29) is 17.0 Å². The summed E-state index contributed by atoms with van der Waals surface area (Å²) in [6, 6.07) is 5.36. The number of nitrogens with one attached hydrogen (secondary N) is 1. The van der Waals surface area contributed by atoms with Crippen molar-refractivity contribution in [2.75, 3.05) is 5.32 Å². The first-order chi connectivity index (χ1) is 8.97. The second-order valence-corrected chi connectivity index (χ2v) is 3.94. The highest BCUT2D eigenvalue weighted by Gasteiger charge is 2.13. The normalized spacial score (nSPS) is 10.2. The number of hydrogen-bond donors (Lipinski definition) is 3. The average molecular weight is 261 g/mol. The number of carboxylic acid groups (broad SMARTS) is 1. The maximum absolute atomic E-state index is 11.8. The molecular weight excluding hydrogens is 250 g/mol. The highest BCUT2D eigenvalue weighted by molar-refractivity contribution is 6.04. The summed E-state index contributed by atoms with van der Waals surface area (Å²) in [6.45, 7) is 1.71. The van der Waals surface area contributed by atoms with E-state index in [1.165, 1.54) is 24.5 Å². The number of furan rings is 1. The number of aromatic carboxylic acids is 1. The topological polar surface area (TPSA) is 99.8 Å². The summed E-state index contributed by atoms with van der Waals surface area (Å²) in [5.41, 5.74) is 0.336. The van der Waals surface area contributed by atoms with Crippen molar-refractivity contribution < 1.29 is 24.2 Å². The standard InChI is InChI=1S/C13H11NO5/c1-7-4-8(6-19-7)12(16)14-9-2-3-11(15)10(5-9)13(17)18/h2-6,15H,1H3,(H,14,16)(H,17,18). The van der Waals surface area contributed by atoms with Crippen LogP contribution in [0.1, 0.15) is 26.5 Å². The number of aryl methyl sites for hydroxylation is 1. The quantitative estimate of drug-likeness (QED) is 0.736. The van der Waals surface area contributed by atoms with E-state index in [9.17, 15) is 14.7 Å². The number of hydrogen-bond acceptors (Lipinski definition) is 4. The van der Waals surface area contributed by atoms with Crippen LogP contribution in [0.5, 0.6) is 5.75 Å². The van der Waals surface area contributed by atoms with Crippen molar-refractivity contribution in [3.63, 3.8) is 0 Å². The highest BCUT2D eigenvalue weighted by atomic mass is 16.4. The molecule has 2 rings (SSSR count). The summed E-state index contributed by atoms with van der Waals surface area (Å²) in [7, 11) is 0.